The number of hydrogen-bond donors (Lipinski definition) is 0. The summed E-state index contributed by atoms with van der Waals surface area (Å²) in [7, 11) is 0. The molecule has 0 unspecified atom stereocenters. The third-order valence-electron chi connectivity index (χ3n) is 13.7. The lowest BCUT2D eigenvalue weighted by Gasteiger charge is -2.20. The topological polar surface area (TPSA) is 9.86 Å². The molecule has 68 heavy (non-hydrogen) atoms. The van der Waals surface area contributed by atoms with Gasteiger partial charge in [0.25, 0.3) is 0 Å². The van der Waals surface area contributed by atoms with E-state index in [-0.39, 0.29) is 0 Å². The van der Waals surface area contributed by atoms with Crippen molar-refractivity contribution in [3.63, 3.8) is 0 Å². The van der Waals surface area contributed by atoms with Crippen LogP contribution in [0.15, 0.2) is 267 Å². The van der Waals surface area contributed by atoms with Gasteiger partial charge in [-0.25, -0.2) is 0 Å². The lowest BCUT2D eigenvalue weighted by Crippen LogP contribution is -2.01. The number of nitrogens with zero attached hydrogens (tertiary/aromatic N) is 2. The molecule has 0 spiro atoms. The van der Waals surface area contributed by atoms with Crippen LogP contribution in [0.5, 0.6) is 0 Å². The normalized spacial score (nSPS) is 11.5. The fraction of sp³-hybridized carbons (Fsp3) is 0. The van der Waals surface area contributed by atoms with Crippen molar-refractivity contribution in [2.75, 3.05) is 0 Å². The van der Waals surface area contributed by atoms with Crippen LogP contribution >= 0.6 is 0 Å². The standard InChI is InChI=1S/C66H44N2/c1-5-20-45(21-6-1)49-28-15-30-51(42-49)56-35-17-36-57(52-31-16-29-50(43-52)46-22-7-2-8-23-46)66(56)68-61-41-40-53(44-59(61)65-55(34-19-39-63(65)68)48-26-11-4-12-27-48)67-60-37-14-13-32-58(60)64-54(33-18-38-62(64)67)47-24-9-3-10-25-47/h1-44H. The molecule has 0 aliphatic carbocycles. The van der Waals surface area contributed by atoms with Gasteiger partial charge in [0.15, 0.2) is 0 Å². The highest BCUT2D eigenvalue weighted by Crippen LogP contribution is 2.46. The fourth-order valence-electron chi connectivity index (χ4n) is 10.7. The first kappa shape index (κ1) is 39.4. The van der Waals surface area contributed by atoms with E-state index in [2.05, 4.69) is 276 Å². The molecule has 13 rings (SSSR count). The first-order valence-corrected chi connectivity index (χ1v) is 23.4. The summed E-state index contributed by atoms with van der Waals surface area (Å²) in [6, 6.07) is 97.6. The van der Waals surface area contributed by atoms with Crippen molar-refractivity contribution in [2.45, 2.75) is 0 Å². The molecule has 0 N–H and O–H groups in total. The van der Waals surface area contributed by atoms with E-state index in [0.29, 0.717) is 0 Å². The Morgan fingerprint density at radius 2 is 0.588 bits per heavy atom. The summed E-state index contributed by atoms with van der Waals surface area (Å²) in [4.78, 5) is 0. The third-order valence-corrected chi connectivity index (χ3v) is 13.7. The fourth-order valence-corrected chi connectivity index (χ4v) is 10.7. The Hall–Kier alpha value is -8.98. The maximum Gasteiger partial charge on any atom is 0.0618 e. The molecule has 0 aliphatic rings. The molecule has 2 nitrogen and oxygen atoms in total. The first-order valence-electron chi connectivity index (χ1n) is 23.4. The predicted molar refractivity (Wildman–Crippen MR) is 288 cm³/mol. The molecule has 2 heterocycles. The zero-order valence-electron chi connectivity index (χ0n) is 37.3. The number of fused-ring (bicyclic) bond motifs is 6. The second-order valence-corrected chi connectivity index (χ2v) is 17.6. The largest absolute Gasteiger partial charge is 0.309 e. The van der Waals surface area contributed by atoms with Crippen molar-refractivity contribution in [3.8, 4) is 78.1 Å². The Kier molecular flexibility index (Phi) is 9.54. The van der Waals surface area contributed by atoms with Crippen LogP contribution in [0.2, 0.25) is 0 Å². The second kappa shape index (κ2) is 16.5. The van der Waals surface area contributed by atoms with Gasteiger partial charge in [0.05, 0.1) is 27.8 Å². The predicted octanol–water partition coefficient (Wildman–Crippen LogP) is 17.9. The summed E-state index contributed by atoms with van der Waals surface area (Å²) in [5, 5.41) is 4.91. The Labute approximate surface area is 395 Å². The van der Waals surface area contributed by atoms with Gasteiger partial charge in [-0.1, -0.05) is 218 Å². The van der Waals surface area contributed by atoms with E-state index in [1.54, 1.807) is 0 Å². The highest BCUT2D eigenvalue weighted by molar-refractivity contribution is 6.19. The third kappa shape index (κ3) is 6.57. The van der Waals surface area contributed by atoms with Crippen molar-refractivity contribution >= 4 is 43.6 Å². The molecule has 11 aromatic carbocycles. The minimum Gasteiger partial charge on any atom is -0.309 e. The van der Waals surface area contributed by atoms with Crippen molar-refractivity contribution in [2.24, 2.45) is 0 Å². The average Bonchev–Trinajstić information content (AvgIpc) is 3.94. The van der Waals surface area contributed by atoms with Crippen LogP contribution in [0.1, 0.15) is 0 Å². The van der Waals surface area contributed by atoms with Crippen molar-refractivity contribution in [3.05, 3.63) is 267 Å². The van der Waals surface area contributed by atoms with E-state index in [9.17, 15) is 0 Å². The van der Waals surface area contributed by atoms with E-state index < -0.39 is 0 Å². The number of hydrogen-bond acceptors (Lipinski definition) is 0. The molecule has 0 saturated heterocycles. The molecule has 0 bridgehead atoms. The van der Waals surface area contributed by atoms with Crippen LogP contribution in [-0.4, -0.2) is 9.13 Å². The van der Waals surface area contributed by atoms with E-state index in [1.807, 2.05) is 0 Å². The van der Waals surface area contributed by atoms with Crippen molar-refractivity contribution in [1.29, 1.82) is 0 Å². The quantitative estimate of drug-likeness (QED) is 0.144. The summed E-state index contributed by atoms with van der Waals surface area (Å²) in [6.45, 7) is 0. The summed E-state index contributed by atoms with van der Waals surface area (Å²) in [6.07, 6.45) is 0. The molecular weight excluding hydrogens is 821 g/mol. The molecule has 13 aromatic rings. The summed E-state index contributed by atoms with van der Waals surface area (Å²) < 4.78 is 5.02. The zero-order chi connectivity index (χ0) is 45.0. The molecule has 0 saturated carbocycles. The maximum atomic E-state index is 2.55. The number of rotatable bonds is 8. The number of benzene rings is 11. The molecule has 2 heteroatoms. The SMILES string of the molecule is c1ccc(-c2cccc(-c3cccc(-c4cccc(-c5ccccc5)c4)c3-n3c4ccc(-n5c6ccccc6c6c(-c7ccccc7)cccc65)cc4c4c(-c5ccccc5)cccc43)c2)cc1. The lowest BCUT2D eigenvalue weighted by atomic mass is 9.92. The van der Waals surface area contributed by atoms with Gasteiger partial charge < -0.3 is 9.13 Å². The van der Waals surface area contributed by atoms with Crippen LogP contribution in [0.3, 0.4) is 0 Å². The minimum atomic E-state index is 1.12. The monoisotopic (exact) mass is 864 g/mol. The smallest absolute Gasteiger partial charge is 0.0618 e. The summed E-state index contributed by atoms with van der Waals surface area (Å²) in [5.74, 6) is 0. The molecule has 0 aliphatic heterocycles. The van der Waals surface area contributed by atoms with E-state index in [4.69, 9.17) is 0 Å². The summed E-state index contributed by atoms with van der Waals surface area (Å²) >= 11 is 0. The summed E-state index contributed by atoms with van der Waals surface area (Å²) in [5.41, 5.74) is 21.2. The average molecular weight is 865 g/mol. The Balaban J connectivity index is 1.13. The Morgan fingerprint density at radius 3 is 1.15 bits per heavy atom. The zero-order valence-corrected chi connectivity index (χ0v) is 37.3. The van der Waals surface area contributed by atoms with Crippen molar-refractivity contribution in [1.82, 2.24) is 9.13 Å². The van der Waals surface area contributed by atoms with Gasteiger partial charge in [0.1, 0.15) is 0 Å². The van der Waals surface area contributed by atoms with Gasteiger partial charge in [-0.3, -0.25) is 0 Å². The number of para-hydroxylation sites is 2. The van der Waals surface area contributed by atoms with Gasteiger partial charge in [-0.2, -0.15) is 0 Å². The minimum absolute atomic E-state index is 1.12. The highest BCUT2D eigenvalue weighted by Gasteiger charge is 2.24. The molecule has 2 aromatic heterocycles. The second-order valence-electron chi connectivity index (χ2n) is 17.6. The molecule has 0 atom stereocenters. The van der Waals surface area contributed by atoms with Gasteiger partial charge in [-0.15, -0.1) is 0 Å². The van der Waals surface area contributed by atoms with Gasteiger partial charge in [-0.05, 0) is 104 Å². The van der Waals surface area contributed by atoms with Gasteiger partial charge in [0.2, 0.25) is 0 Å². The van der Waals surface area contributed by atoms with Gasteiger partial charge in [0, 0.05) is 38.4 Å². The van der Waals surface area contributed by atoms with E-state index in [0.717, 1.165) is 44.7 Å². The van der Waals surface area contributed by atoms with Crippen LogP contribution in [-0.2, 0) is 0 Å². The molecule has 0 radical (unpaired) electrons. The Bertz CT molecular complexity index is 3890. The highest BCUT2D eigenvalue weighted by atomic mass is 15.0. The maximum absolute atomic E-state index is 2.55. The van der Waals surface area contributed by atoms with Crippen LogP contribution in [0.4, 0.5) is 0 Å². The van der Waals surface area contributed by atoms with E-state index >= 15 is 0 Å². The van der Waals surface area contributed by atoms with Crippen LogP contribution in [0.25, 0.3) is 122 Å². The van der Waals surface area contributed by atoms with E-state index in [1.165, 1.54) is 77.1 Å². The van der Waals surface area contributed by atoms with Crippen LogP contribution in [0, 0.1) is 0 Å². The lowest BCUT2D eigenvalue weighted by molar-refractivity contribution is 1.17. The molecule has 0 amide bonds. The van der Waals surface area contributed by atoms with Crippen molar-refractivity contribution < 1.29 is 0 Å². The number of aromatic nitrogens is 2. The Morgan fingerprint density at radius 1 is 0.206 bits per heavy atom. The first-order chi connectivity index (χ1) is 33.8. The molecular formula is C66H44N2. The molecule has 0 fully saturated rings. The molecule has 318 valence electrons. The van der Waals surface area contributed by atoms with Crippen LogP contribution < -0.4 is 0 Å². The van der Waals surface area contributed by atoms with Gasteiger partial charge >= 0.3 is 0 Å².